The summed E-state index contributed by atoms with van der Waals surface area (Å²) in [4.78, 5) is 20.9. The van der Waals surface area contributed by atoms with E-state index < -0.39 is 0 Å². The Morgan fingerprint density at radius 1 is 0.966 bits per heavy atom. The number of nitrogens with one attached hydrogen (secondary N) is 1. The van der Waals surface area contributed by atoms with Crippen molar-refractivity contribution in [2.45, 2.75) is 35.3 Å². The maximum Gasteiger partial charge on any atom is 0.254 e. The lowest BCUT2D eigenvalue weighted by molar-refractivity contribution is 0.0905. The lowest BCUT2D eigenvalue weighted by Crippen LogP contribution is -2.44. The SMILES string of the molecule is O=C(NC1CCN(Cc2ccccc2)CC1)c1cccnc1Sc1ccccc1. The van der Waals surface area contributed by atoms with Crippen molar-refractivity contribution in [2.75, 3.05) is 13.1 Å². The molecule has 1 aromatic heterocycles. The van der Waals surface area contributed by atoms with Gasteiger partial charge in [-0.1, -0.05) is 60.3 Å². The van der Waals surface area contributed by atoms with Gasteiger partial charge in [-0.25, -0.2) is 4.98 Å². The van der Waals surface area contributed by atoms with E-state index in [9.17, 15) is 4.79 Å². The van der Waals surface area contributed by atoms with Crippen molar-refractivity contribution < 1.29 is 4.79 Å². The average Bonchev–Trinajstić information content (AvgIpc) is 2.77. The highest BCUT2D eigenvalue weighted by Gasteiger charge is 2.22. The van der Waals surface area contributed by atoms with Crippen molar-refractivity contribution in [3.63, 3.8) is 0 Å². The van der Waals surface area contributed by atoms with Crippen LogP contribution >= 0.6 is 11.8 Å². The lowest BCUT2D eigenvalue weighted by Gasteiger charge is -2.32. The normalized spacial score (nSPS) is 15.2. The number of carbonyl (C=O) groups excluding carboxylic acids is 1. The Bertz CT molecular complexity index is 925. The molecule has 1 N–H and O–H groups in total. The zero-order valence-electron chi connectivity index (χ0n) is 16.3. The summed E-state index contributed by atoms with van der Waals surface area (Å²) in [5.74, 6) is -0.0296. The molecule has 4 nitrogen and oxygen atoms in total. The number of benzene rings is 2. The second-order valence-corrected chi connectivity index (χ2v) is 8.34. The van der Waals surface area contributed by atoms with Crippen molar-refractivity contribution >= 4 is 17.7 Å². The molecular formula is C24H25N3OS. The predicted octanol–water partition coefficient (Wildman–Crippen LogP) is 4.63. The van der Waals surface area contributed by atoms with E-state index in [1.807, 2.05) is 48.5 Å². The number of amides is 1. The van der Waals surface area contributed by atoms with Gasteiger partial charge in [-0.15, -0.1) is 0 Å². The molecule has 2 aromatic carbocycles. The fourth-order valence-electron chi connectivity index (χ4n) is 3.59. The fourth-order valence-corrected chi connectivity index (χ4v) is 4.49. The van der Waals surface area contributed by atoms with Gasteiger partial charge in [-0.05, 0) is 42.7 Å². The molecule has 5 heteroatoms. The Morgan fingerprint density at radius 3 is 2.38 bits per heavy atom. The second kappa shape index (κ2) is 9.72. The van der Waals surface area contributed by atoms with Crippen LogP contribution < -0.4 is 5.32 Å². The van der Waals surface area contributed by atoms with Gasteiger partial charge in [0.15, 0.2) is 0 Å². The average molecular weight is 404 g/mol. The number of hydrogen-bond donors (Lipinski definition) is 1. The molecular weight excluding hydrogens is 378 g/mol. The maximum absolute atomic E-state index is 12.9. The van der Waals surface area contributed by atoms with E-state index in [2.05, 4.69) is 39.5 Å². The van der Waals surface area contributed by atoms with Crippen LogP contribution in [0.5, 0.6) is 0 Å². The molecule has 1 amide bonds. The molecule has 1 aliphatic rings. The van der Waals surface area contributed by atoms with E-state index in [0.717, 1.165) is 42.4 Å². The third-order valence-corrected chi connectivity index (χ3v) is 6.17. The Kier molecular flexibility index (Phi) is 6.60. The Morgan fingerprint density at radius 2 is 1.66 bits per heavy atom. The van der Waals surface area contributed by atoms with Crippen molar-refractivity contribution in [1.82, 2.24) is 15.2 Å². The molecule has 0 atom stereocenters. The molecule has 0 bridgehead atoms. The van der Waals surface area contributed by atoms with Crippen LogP contribution in [0, 0.1) is 0 Å². The highest BCUT2D eigenvalue weighted by molar-refractivity contribution is 7.99. The zero-order valence-corrected chi connectivity index (χ0v) is 17.1. The van der Waals surface area contributed by atoms with Gasteiger partial charge in [0.25, 0.3) is 5.91 Å². The summed E-state index contributed by atoms with van der Waals surface area (Å²) in [5, 5.41) is 3.97. The number of rotatable bonds is 6. The number of nitrogens with zero attached hydrogens (tertiary/aromatic N) is 2. The molecule has 0 unspecified atom stereocenters. The second-order valence-electron chi connectivity index (χ2n) is 7.28. The van der Waals surface area contributed by atoms with Crippen molar-refractivity contribution in [2.24, 2.45) is 0 Å². The van der Waals surface area contributed by atoms with Gasteiger partial charge in [-0.3, -0.25) is 9.69 Å². The quantitative estimate of drug-likeness (QED) is 0.652. The summed E-state index contributed by atoms with van der Waals surface area (Å²) >= 11 is 1.53. The minimum atomic E-state index is -0.0296. The van der Waals surface area contributed by atoms with E-state index in [0.29, 0.717) is 5.56 Å². The van der Waals surface area contributed by atoms with Crippen LogP contribution in [-0.2, 0) is 6.54 Å². The lowest BCUT2D eigenvalue weighted by atomic mass is 10.0. The molecule has 0 radical (unpaired) electrons. The number of carbonyl (C=O) groups is 1. The van der Waals surface area contributed by atoms with Crippen molar-refractivity contribution in [1.29, 1.82) is 0 Å². The third-order valence-electron chi connectivity index (χ3n) is 5.15. The van der Waals surface area contributed by atoms with Crippen LogP contribution in [0.3, 0.4) is 0 Å². The number of pyridine rings is 1. The highest BCUT2D eigenvalue weighted by Crippen LogP contribution is 2.28. The molecule has 148 valence electrons. The topological polar surface area (TPSA) is 45.2 Å². The van der Waals surface area contributed by atoms with E-state index in [1.54, 1.807) is 6.20 Å². The number of aromatic nitrogens is 1. The minimum Gasteiger partial charge on any atom is -0.349 e. The van der Waals surface area contributed by atoms with Crippen LogP contribution in [0.25, 0.3) is 0 Å². The van der Waals surface area contributed by atoms with E-state index in [4.69, 9.17) is 0 Å². The van der Waals surface area contributed by atoms with Gasteiger partial charge < -0.3 is 5.32 Å². The first-order valence-corrected chi connectivity index (χ1v) is 10.8. The van der Waals surface area contributed by atoms with Crippen LogP contribution in [0.4, 0.5) is 0 Å². The van der Waals surface area contributed by atoms with Gasteiger partial charge in [0, 0.05) is 36.8 Å². The summed E-state index contributed by atoms with van der Waals surface area (Å²) in [6, 6.07) is 24.5. The Hall–Kier alpha value is -2.63. The third kappa shape index (κ3) is 5.46. The molecule has 4 rings (SSSR count). The fraction of sp³-hybridized carbons (Fsp3) is 0.250. The number of piperidine rings is 1. The van der Waals surface area contributed by atoms with Gasteiger partial charge >= 0.3 is 0 Å². The maximum atomic E-state index is 12.9. The molecule has 0 spiro atoms. The van der Waals surface area contributed by atoms with E-state index >= 15 is 0 Å². The first kappa shape index (κ1) is 19.7. The summed E-state index contributed by atoms with van der Waals surface area (Å²) in [6.07, 6.45) is 3.68. The Labute approximate surface area is 176 Å². The molecule has 3 aromatic rings. The van der Waals surface area contributed by atoms with Crippen LogP contribution in [0.15, 0.2) is 88.9 Å². The number of hydrogen-bond acceptors (Lipinski definition) is 4. The van der Waals surface area contributed by atoms with Crippen molar-refractivity contribution in [3.05, 3.63) is 90.1 Å². The largest absolute Gasteiger partial charge is 0.349 e. The minimum absolute atomic E-state index is 0.0296. The smallest absolute Gasteiger partial charge is 0.254 e. The molecule has 1 fully saturated rings. The molecule has 1 aliphatic heterocycles. The van der Waals surface area contributed by atoms with Gasteiger partial charge in [-0.2, -0.15) is 0 Å². The van der Waals surface area contributed by atoms with Crippen LogP contribution in [0.2, 0.25) is 0 Å². The monoisotopic (exact) mass is 403 g/mol. The predicted molar refractivity (Wildman–Crippen MR) is 117 cm³/mol. The molecule has 29 heavy (non-hydrogen) atoms. The first-order chi connectivity index (χ1) is 14.3. The summed E-state index contributed by atoms with van der Waals surface area (Å²) in [6.45, 7) is 2.97. The number of likely N-dealkylation sites (tertiary alicyclic amines) is 1. The molecule has 2 heterocycles. The summed E-state index contributed by atoms with van der Waals surface area (Å²) in [5.41, 5.74) is 1.99. The van der Waals surface area contributed by atoms with E-state index in [1.165, 1.54) is 17.3 Å². The van der Waals surface area contributed by atoms with Crippen molar-refractivity contribution in [3.8, 4) is 0 Å². The Balaban J connectivity index is 1.33. The van der Waals surface area contributed by atoms with Gasteiger partial charge in [0.1, 0.15) is 5.03 Å². The van der Waals surface area contributed by atoms with Gasteiger partial charge in [0.05, 0.1) is 5.56 Å². The zero-order chi connectivity index (χ0) is 19.9. The first-order valence-electron chi connectivity index (χ1n) is 10.0. The van der Waals surface area contributed by atoms with E-state index in [-0.39, 0.29) is 11.9 Å². The van der Waals surface area contributed by atoms with Gasteiger partial charge in [0.2, 0.25) is 0 Å². The summed E-state index contributed by atoms with van der Waals surface area (Å²) in [7, 11) is 0. The molecule has 0 saturated carbocycles. The van der Waals surface area contributed by atoms with Crippen LogP contribution in [0.1, 0.15) is 28.8 Å². The molecule has 1 saturated heterocycles. The highest BCUT2D eigenvalue weighted by atomic mass is 32.2. The summed E-state index contributed by atoms with van der Waals surface area (Å²) < 4.78 is 0. The van der Waals surface area contributed by atoms with Crippen LogP contribution in [-0.4, -0.2) is 34.9 Å². The molecule has 0 aliphatic carbocycles. The standard InChI is InChI=1S/C24H25N3OS/c28-23(22-12-7-15-25-24(22)29-21-10-5-2-6-11-21)26-20-13-16-27(17-14-20)18-19-8-3-1-4-9-19/h1-12,15,20H,13-14,16-18H2,(H,26,28).